The number of rotatable bonds is 5. The van der Waals surface area contributed by atoms with E-state index in [1.54, 1.807) is 29.8 Å². The van der Waals surface area contributed by atoms with Gasteiger partial charge in [0.15, 0.2) is 5.75 Å². The van der Waals surface area contributed by atoms with Gasteiger partial charge in [0, 0.05) is 54.8 Å². The van der Waals surface area contributed by atoms with Crippen LogP contribution in [0.4, 0.5) is 10.1 Å². The highest BCUT2D eigenvalue weighted by atomic mass is 19.1. The van der Waals surface area contributed by atoms with Crippen molar-refractivity contribution in [1.29, 1.82) is 0 Å². The lowest BCUT2D eigenvalue weighted by Gasteiger charge is -2.27. The van der Waals surface area contributed by atoms with Gasteiger partial charge in [-0.1, -0.05) is 18.2 Å². The Morgan fingerprint density at radius 2 is 1.79 bits per heavy atom. The molecule has 1 atom stereocenters. The van der Waals surface area contributed by atoms with Gasteiger partial charge in [-0.05, 0) is 54.6 Å². The molecular formula is C33H26FN5O4. The normalized spacial score (nSPS) is 13.8. The van der Waals surface area contributed by atoms with Gasteiger partial charge in [0.2, 0.25) is 0 Å². The van der Waals surface area contributed by atoms with Crippen LogP contribution in [0.25, 0.3) is 55.8 Å². The minimum absolute atomic E-state index is 0.335. The zero-order valence-electron chi connectivity index (χ0n) is 23.5. The summed E-state index contributed by atoms with van der Waals surface area (Å²) in [5, 5.41) is 4.20. The zero-order valence-corrected chi connectivity index (χ0v) is 23.5. The van der Waals surface area contributed by atoms with Gasteiger partial charge in [0.05, 0.1) is 22.5 Å². The molecule has 214 valence electrons. The smallest absolute Gasteiger partial charge is 0.280 e. The number of benzene rings is 3. The highest BCUT2D eigenvalue weighted by Crippen LogP contribution is 2.44. The van der Waals surface area contributed by atoms with Crippen molar-refractivity contribution >= 4 is 39.4 Å². The van der Waals surface area contributed by atoms with E-state index in [9.17, 15) is 14.0 Å². The molecule has 0 radical (unpaired) electrons. The number of hydrogen-bond donors (Lipinski definition) is 2. The van der Waals surface area contributed by atoms with Gasteiger partial charge in [-0.15, -0.1) is 0 Å². The molecule has 3 N–H and O–H groups in total. The molecule has 6 aromatic rings. The Morgan fingerprint density at radius 3 is 2.51 bits per heavy atom. The quantitative estimate of drug-likeness (QED) is 0.272. The first-order valence-corrected chi connectivity index (χ1v) is 13.6. The van der Waals surface area contributed by atoms with Crippen molar-refractivity contribution in [1.82, 2.24) is 14.9 Å². The number of para-hydroxylation sites is 1. The number of nitrogens with two attached hydrogens (primary N) is 1. The van der Waals surface area contributed by atoms with Crippen LogP contribution in [0.15, 0.2) is 83.3 Å². The van der Waals surface area contributed by atoms with Crippen LogP contribution in [0.2, 0.25) is 0 Å². The maximum absolute atomic E-state index is 13.7. The fourth-order valence-electron chi connectivity index (χ4n) is 5.71. The number of halogens is 1. The molecule has 0 aliphatic carbocycles. The van der Waals surface area contributed by atoms with Crippen molar-refractivity contribution in [2.75, 3.05) is 26.0 Å². The van der Waals surface area contributed by atoms with Crippen LogP contribution in [0, 0.1) is 5.82 Å². The lowest BCUT2D eigenvalue weighted by atomic mass is 10.00. The van der Waals surface area contributed by atoms with Gasteiger partial charge in [0.25, 0.3) is 18.0 Å². The molecule has 0 spiro atoms. The Balaban J connectivity index is 1.46. The van der Waals surface area contributed by atoms with Gasteiger partial charge < -0.3 is 25.1 Å². The molecule has 7 rings (SSSR count). The van der Waals surface area contributed by atoms with Crippen LogP contribution < -0.4 is 20.7 Å². The summed E-state index contributed by atoms with van der Waals surface area (Å²) >= 11 is 0. The third kappa shape index (κ3) is 4.10. The van der Waals surface area contributed by atoms with E-state index in [0.29, 0.717) is 50.7 Å². The van der Waals surface area contributed by atoms with Crippen LogP contribution in [0.3, 0.4) is 0 Å². The van der Waals surface area contributed by atoms with Crippen LogP contribution in [0.5, 0.6) is 5.75 Å². The molecule has 0 bridgehead atoms. The second kappa shape index (κ2) is 9.73. The molecule has 0 saturated heterocycles. The summed E-state index contributed by atoms with van der Waals surface area (Å²) in [5.74, 6) is -0.567. The second-order valence-corrected chi connectivity index (χ2v) is 10.5. The lowest BCUT2D eigenvalue weighted by Crippen LogP contribution is -2.33. The number of aromatic nitrogens is 2. The summed E-state index contributed by atoms with van der Waals surface area (Å²) in [6.07, 6.45) is -1.02. The molecule has 0 fully saturated rings. The SMILES string of the molecule is CNC(=O)c1c(-c2ccc(F)cc2)oc2cc(N(C)C)c(-c3ccc4c(n3)-c3cc5ccccc5n3C(C(N)=O)O4)cc12. The maximum atomic E-state index is 13.7. The Labute approximate surface area is 245 Å². The fourth-order valence-corrected chi connectivity index (χ4v) is 5.71. The molecule has 1 unspecified atom stereocenters. The van der Waals surface area contributed by atoms with Gasteiger partial charge >= 0.3 is 0 Å². The van der Waals surface area contributed by atoms with Crippen LogP contribution in [-0.2, 0) is 4.79 Å². The number of nitrogens with one attached hydrogen (secondary N) is 1. The molecule has 2 amide bonds. The van der Waals surface area contributed by atoms with E-state index >= 15 is 0 Å². The number of pyridine rings is 1. The lowest BCUT2D eigenvalue weighted by molar-refractivity contribution is -0.128. The number of carbonyl (C=O) groups excluding carboxylic acids is 2. The number of ether oxygens (including phenoxy) is 1. The number of anilines is 1. The largest absolute Gasteiger partial charge is 0.458 e. The van der Waals surface area contributed by atoms with Crippen LogP contribution >= 0.6 is 0 Å². The maximum Gasteiger partial charge on any atom is 0.280 e. The van der Waals surface area contributed by atoms with E-state index in [1.165, 1.54) is 12.1 Å². The molecule has 43 heavy (non-hydrogen) atoms. The van der Waals surface area contributed by atoms with Crippen molar-refractivity contribution in [3.8, 4) is 39.7 Å². The van der Waals surface area contributed by atoms with E-state index in [2.05, 4.69) is 5.32 Å². The summed E-state index contributed by atoms with van der Waals surface area (Å²) in [6.45, 7) is 0. The Bertz CT molecular complexity index is 2090. The molecule has 3 aromatic heterocycles. The van der Waals surface area contributed by atoms with Gasteiger partial charge in [-0.25, -0.2) is 9.37 Å². The monoisotopic (exact) mass is 575 g/mol. The number of nitrogens with zero attached hydrogens (tertiary/aromatic N) is 3. The topological polar surface area (TPSA) is 116 Å². The fraction of sp³-hybridized carbons (Fsp3) is 0.121. The summed E-state index contributed by atoms with van der Waals surface area (Å²) < 4.78 is 27.8. The van der Waals surface area contributed by atoms with Crippen molar-refractivity contribution in [3.05, 3.63) is 90.2 Å². The average molecular weight is 576 g/mol. The zero-order chi connectivity index (χ0) is 30.0. The number of carbonyl (C=O) groups is 2. The number of amides is 2. The third-order valence-corrected chi connectivity index (χ3v) is 7.69. The molecule has 0 saturated carbocycles. The molecular weight excluding hydrogens is 549 g/mol. The molecule has 9 nitrogen and oxygen atoms in total. The number of fused-ring (bicyclic) bond motifs is 6. The summed E-state index contributed by atoms with van der Waals surface area (Å²) in [7, 11) is 5.37. The average Bonchev–Trinajstić information content (AvgIpc) is 3.58. The molecule has 4 heterocycles. The number of furan rings is 1. The second-order valence-electron chi connectivity index (χ2n) is 10.5. The summed E-state index contributed by atoms with van der Waals surface area (Å²) in [4.78, 5) is 32.6. The number of hydrogen-bond acceptors (Lipinski definition) is 6. The highest BCUT2D eigenvalue weighted by molar-refractivity contribution is 6.12. The first kappa shape index (κ1) is 26.3. The van der Waals surface area contributed by atoms with Crippen molar-refractivity contribution < 1.29 is 23.1 Å². The van der Waals surface area contributed by atoms with E-state index in [0.717, 1.165) is 22.2 Å². The number of primary amides is 1. The molecule has 1 aliphatic heterocycles. The standard InChI is InChI=1S/C33H26FN5O4/c1-36-32(41)28-21-15-20(24(38(2)3)16-27(21)42-30(28)17-8-10-19(34)11-9-17)22-12-13-26-29(37-22)25-14-18-6-4-5-7-23(18)39(25)33(43-26)31(35)40/h4-16,33H,1-3H3,(H2,35,40)(H,36,41). The van der Waals surface area contributed by atoms with Gasteiger partial charge in [-0.2, -0.15) is 0 Å². The Morgan fingerprint density at radius 1 is 1.02 bits per heavy atom. The van der Waals surface area contributed by atoms with E-state index < -0.39 is 12.1 Å². The minimum atomic E-state index is -1.02. The predicted octanol–water partition coefficient (Wildman–Crippen LogP) is 5.72. The van der Waals surface area contributed by atoms with Crippen LogP contribution in [0.1, 0.15) is 16.6 Å². The van der Waals surface area contributed by atoms with Crippen molar-refractivity contribution in [3.63, 3.8) is 0 Å². The van der Waals surface area contributed by atoms with E-state index in [-0.39, 0.29) is 11.7 Å². The molecule has 10 heteroatoms. The Kier molecular flexibility index (Phi) is 5.94. The van der Waals surface area contributed by atoms with Crippen molar-refractivity contribution in [2.24, 2.45) is 5.73 Å². The first-order valence-electron chi connectivity index (χ1n) is 13.6. The van der Waals surface area contributed by atoms with E-state index in [1.807, 2.05) is 67.5 Å². The summed E-state index contributed by atoms with van der Waals surface area (Å²) in [5.41, 5.74) is 11.4. The van der Waals surface area contributed by atoms with E-state index in [4.69, 9.17) is 19.9 Å². The highest BCUT2D eigenvalue weighted by Gasteiger charge is 2.33. The van der Waals surface area contributed by atoms with Crippen LogP contribution in [-0.4, -0.2) is 42.5 Å². The molecule has 1 aliphatic rings. The van der Waals surface area contributed by atoms with Crippen molar-refractivity contribution in [2.45, 2.75) is 6.23 Å². The van der Waals surface area contributed by atoms with Gasteiger partial charge in [0.1, 0.15) is 22.9 Å². The summed E-state index contributed by atoms with van der Waals surface area (Å²) in [6, 6.07) is 22.8. The van der Waals surface area contributed by atoms with Gasteiger partial charge in [-0.3, -0.25) is 14.2 Å². The Hall–Kier alpha value is -5.64. The minimum Gasteiger partial charge on any atom is -0.458 e. The predicted molar refractivity (Wildman–Crippen MR) is 162 cm³/mol. The molecule has 3 aromatic carbocycles. The third-order valence-electron chi connectivity index (χ3n) is 7.69. The first-order chi connectivity index (χ1) is 20.7.